The SMILES string of the molecule is C[C@@H]1CN(CCc2c(-c3c(Cl)cccc3Cl)noc2C2CC2)C[C@H](C)N1c1ccc2c(C(=O)O)cn(C)c2c1. The average Bonchev–Trinajstić information content (AvgIpc) is 3.56. The van der Waals surface area contributed by atoms with Crippen LogP contribution >= 0.6 is 23.2 Å². The predicted octanol–water partition coefficient (Wildman–Crippen LogP) is 6.86. The molecule has 9 heteroatoms. The topological polar surface area (TPSA) is 74.7 Å². The molecule has 3 heterocycles. The fraction of sp³-hybridized carbons (Fsp3) is 0.400. The van der Waals surface area contributed by atoms with Gasteiger partial charge in [0.2, 0.25) is 0 Å². The number of halogens is 2. The van der Waals surface area contributed by atoms with Crippen molar-refractivity contribution >= 4 is 45.8 Å². The van der Waals surface area contributed by atoms with Crippen molar-refractivity contribution in [3.8, 4) is 11.3 Å². The molecule has 0 amide bonds. The van der Waals surface area contributed by atoms with Gasteiger partial charge in [0.05, 0.1) is 21.1 Å². The molecule has 1 aliphatic heterocycles. The number of aromatic carboxylic acids is 1. The molecule has 0 bridgehead atoms. The first-order chi connectivity index (χ1) is 18.7. The number of carboxylic acids is 1. The van der Waals surface area contributed by atoms with E-state index < -0.39 is 5.97 Å². The number of carbonyl (C=O) groups is 1. The second-order valence-corrected chi connectivity index (χ2v) is 11.8. The predicted molar refractivity (Wildman–Crippen MR) is 155 cm³/mol. The molecule has 2 aromatic carbocycles. The zero-order valence-corrected chi connectivity index (χ0v) is 23.8. The maximum atomic E-state index is 11.6. The third-order valence-electron chi connectivity index (χ3n) is 8.14. The zero-order chi connectivity index (χ0) is 27.4. The Labute approximate surface area is 237 Å². The first-order valence-electron chi connectivity index (χ1n) is 13.5. The van der Waals surface area contributed by atoms with Crippen LogP contribution in [0.1, 0.15) is 54.3 Å². The van der Waals surface area contributed by atoms with E-state index in [1.165, 1.54) is 0 Å². The Morgan fingerprint density at radius 1 is 1.10 bits per heavy atom. The van der Waals surface area contributed by atoms with Crippen LogP contribution in [0.15, 0.2) is 47.1 Å². The van der Waals surface area contributed by atoms with E-state index in [0.29, 0.717) is 21.5 Å². The van der Waals surface area contributed by atoms with Gasteiger partial charge >= 0.3 is 5.97 Å². The number of carboxylic acid groups (broad SMARTS) is 1. The minimum Gasteiger partial charge on any atom is -0.478 e. The molecule has 0 unspecified atom stereocenters. The second-order valence-electron chi connectivity index (χ2n) is 11.0. The van der Waals surface area contributed by atoms with Gasteiger partial charge in [-0.15, -0.1) is 0 Å². The van der Waals surface area contributed by atoms with E-state index in [1.807, 2.05) is 35.9 Å². The van der Waals surface area contributed by atoms with Crippen LogP contribution in [0.4, 0.5) is 5.69 Å². The van der Waals surface area contributed by atoms with Crippen molar-refractivity contribution in [3.05, 3.63) is 69.5 Å². The second kappa shape index (κ2) is 10.2. The summed E-state index contributed by atoms with van der Waals surface area (Å²) < 4.78 is 7.77. The lowest BCUT2D eigenvalue weighted by Gasteiger charge is -2.46. The molecule has 1 saturated heterocycles. The van der Waals surface area contributed by atoms with E-state index in [4.69, 9.17) is 27.7 Å². The van der Waals surface area contributed by atoms with E-state index in [2.05, 4.69) is 40.9 Å². The van der Waals surface area contributed by atoms with Crippen LogP contribution in [0, 0.1) is 0 Å². The van der Waals surface area contributed by atoms with Gasteiger partial charge in [-0.2, -0.15) is 0 Å². The van der Waals surface area contributed by atoms with Crippen LogP contribution in [0.3, 0.4) is 0 Å². The largest absolute Gasteiger partial charge is 0.478 e. The van der Waals surface area contributed by atoms with Gasteiger partial charge < -0.3 is 19.1 Å². The van der Waals surface area contributed by atoms with Crippen LogP contribution in [0.5, 0.6) is 0 Å². The van der Waals surface area contributed by atoms with Crippen molar-refractivity contribution in [2.45, 2.75) is 51.1 Å². The van der Waals surface area contributed by atoms with E-state index >= 15 is 0 Å². The summed E-state index contributed by atoms with van der Waals surface area (Å²) in [4.78, 5) is 16.6. The highest BCUT2D eigenvalue weighted by Crippen LogP contribution is 2.46. The molecule has 2 atom stereocenters. The summed E-state index contributed by atoms with van der Waals surface area (Å²) in [6.07, 6.45) is 4.76. The van der Waals surface area contributed by atoms with Crippen LogP contribution in [-0.4, -0.2) is 57.4 Å². The lowest BCUT2D eigenvalue weighted by atomic mass is 10.00. The molecule has 204 valence electrons. The van der Waals surface area contributed by atoms with Crippen LogP contribution in [0.2, 0.25) is 10.0 Å². The number of anilines is 1. The van der Waals surface area contributed by atoms with Crippen molar-refractivity contribution < 1.29 is 14.4 Å². The quantitative estimate of drug-likeness (QED) is 0.263. The molecular weight excluding hydrogens is 535 g/mol. The van der Waals surface area contributed by atoms with Crippen molar-refractivity contribution in [3.63, 3.8) is 0 Å². The molecule has 1 saturated carbocycles. The van der Waals surface area contributed by atoms with Crippen LogP contribution < -0.4 is 4.90 Å². The van der Waals surface area contributed by atoms with Crippen molar-refractivity contribution in [1.82, 2.24) is 14.6 Å². The van der Waals surface area contributed by atoms with Crippen LogP contribution in [0.25, 0.3) is 22.2 Å². The summed E-state index contributed by atoms with van der Waals surface area (Å²) in [5.41, 5.74) is 5.02. The first kappa shape index (κ1) is 26.2. The molecule has 6 rings (SSSR count). The number of aromatic nitrogens is 2. The van der Waals surface area contributed by atoms with E-state index in [0.717, 1.165) is 78.1 Å². The lowest BCUT2D eigenvalue weighted by molar-refractivity contribution is 0.0699. The fourth-order valence-corrected chi connectivity index (χ4v) is 6.82. The number of rotatable bonds is 7. The molecule has 39 heavy (non-hydrogen) atoms. The van der Waals surface area contributed by atoms with Gasteiger partial charge in [0.25, 0.3) is 0 Å². The highest BCUT2D eigenvalue weighted by molar-refractivity contribution is 6.39. The number of nitrogens with zero attached hydrogens (tertiary/aromatic N) is 4. The monoisotopic (exact) mass is 566 g/mol. The summed E-state index contributed by atoms with van der Waals surface area (Å²) in [6.45, 7) is 7.23. The normalized spacial score (nSPS) is 20.2. The summed E-state index contributed by atoms with van der Waals surface area (Å²) in [5.74, 6) is 0.518. The third kappa shape index (κ3) is 4.81. The van der Waals surface area contributed by atoms with Crippen LogP contribution in [-0.2, 0) is 13.5 Å². The minimum atomic E-state index is -0.902. The summed E-state index contributed by atoms with van der Waals surface area (Å²) in [6, 6.07) is 12.2. The molecule has 2 aromatic heterocycles. The van der Waals surface area contributed by atoms with Crippen molar-refractivity contribution in [2.24, 2.45) is 7.05 Å². The summed E-state index contributed by atoms with van der Waals surface area (Å²) in [5, 5.41) is 15.9. The molecule has 4 aromatic rings. The molecule has 0 radical (unpaired) electrons. The Bertz CT molecular complexity index is 1530. The van der Waals surface area contributed by atoms with Gasteiger partial charge in [0.15, 0.2) is 0 Å². The first-order valence-corrected chi connectivity index (χ1v) is 14.2. The van der Waals surface area contributed by atoms with Crippen molar-refractivity contribution in [1.29, 1.82) is 0 Å². The Balaban J connectivity index is 1.21. The van der Waals surface area contributed by atoms with Gasteiger partial charge in [-0.1, -0.05) is 34.4 Å². The summed E-state index contributed by atoms with van der Waals surface area (Å²) >= 11 is 13.1. The summed E-state index contributed by atoms with van der Waals surface area (Å²) in [7, 11) is 1.90. The zero-order valence-electron chi connectivity index (χ0n) is 22.3. The fourth-order valence-electron chi connectivity index (χ4n) is 6.25. The Morgan fingerprint density at radius 2 is 1.79 bits per heavy atom. The van der Waals surface area contributed by atoms with Crippen molar-refractivity contribution in [2.75, 3.05) is 24.5 Å². The van der Waals surface area contributed by atoms with Gasteiger partial charge in [-0.25, -0.2) is 4.79 Å². The molecule has 2 fully saturated rings. The number of hydrogen-bond donors (Lipinski definition) is 1. The molecule has 0 spiro atoms. The molecular formula is C30H32Cl2N4O3. The number of aryl methyl sites for hydroxylation is 1. The number of piperazine rings is 1. The number of hydrogen-bond acceptors (Lipinski definition) is 5. The maximum absolute atomic E-state index is 11.6. The van der Waals surface area contributed by atoms with Gasteiger partial charge in [0, 0.05) is 73.1 Å². The molecule has 1 aliphatic carbocycles. The smallest absolute Gasteiger partial charge is 0.337 e. The Hall–Kier alpha value is -3.00. The van der Waals surface area contributed by atoms with Gasteiger partial charge in [-0.3, -0.25) is 4.90 Å². The van der Waals surface area contributed by atoms with Gasteiger partial charge in [0.1, 0.15) is 11.5 Å². The molecule has 7 nitrogen and oxygen atoms in total. The van der Waals surface area contributed by atoms with E-state index in [9.17, 15) is 9.90 Å². The number of benzene rings is 2. The standard InChI is InChI=1S/C30H32Cl2N4O3/c1-17-14-35(15-18(2)36(17)20-9-10-21-23(30(37)38)16-34(3)26(21)13-20)12-11-22-28(33-39-29(22)19-7-8-19)27-24(31)5-4-6-25(27)32/h4-6,9-10,13,16-19H,7-8,11-12,14-15H2,1-3H3,(H,37,38)/t17-,18+. The Morgan fingerprint density at radius 3 is 2.44 bits per heavy atom. The minimum absolute atomic E-state index is 0.285. The third-order valence-corrected chi connectivity index (χ3v) is 8.77. The van der Waals surface area contributed by atoms with E-state index in [1.54, 1.807) is 6.20 Å². The van der Waals surface area contributed by atoms with Gasteiger partial charge in [-0.05, 0) is 63.4 Å². The highest BCUT2D eigenvalue weighted by Gasteiger charge is 2.35. The van der Waals surface area contributed by atoms with E-state index in [-0.39, 0.29) is 12.1 Å². The lowest BCUT2D eigenvalue weighted by Crippen LogP contribution is -2.57. The Kier molecular flexibility index (Phi) is 6.86. The molecule has 1 N–H and O–H groups in total. The highest BCUT2D eigenvalue weighted by atomic mass is 35.5. The molecule has 2 aliphatic rings. The maximum Gasteiger partial charge on any atom is 0.337 e. The number of fused-ring (bicyclic) bond motifs is 1. The average molecular weight is 568 g/mol.